The Balaban J connectivity index is 1.97. The smallest absolute Gasteiger partial charge is 0.359 e. The molecule has 0 unspecified atom stereocenters. The minimum absolute atomic E-state index is 0.249. The first-order chi connectivity index (χ1) is 12.2. The molecule has 5 nitrogen and oxygen atoms in total. The minimum atomic E-state index is -0.393. The van der Waals surface area contributed by atoms with Crippen LogP contribution in [0.5, 0.6) is 5.75 Å². The van der Waals surface area contributed by atoms with Crippen LogP contribution in [-0.2, 0) is 17.6 Å². The van der Waals surface area contributed by atoms with Crippen molar-refractivity contribution in [2.45, 2.75) is 19.8 Å². The second kappa shape index (κ2) is 6.09. The number of hydrogen-bond acceptors (Lipinski definition) is 4. The Labute approximate surface area is 145 Å². The first-order valence-corrected chi connectivity index (χ1v) is 8.35. The largest absolute Gasteiger partial charge is 0.508 e. The van der Waals surface area contributed by atoms with Crippen LogP contribution >= 0.6 is 0 Å². The molecule has 126 valence electrons. The molecule has 0 saturated carbocycles. The fraction of sp³-hybridized carbons (Fsp3) is 0.200. The third-order valence-corrected chi connectivity index (χ3v) is 4.44. The average molecular weight is 334 g/mol. The molecule has 1 aliphatic carbocycles. The van der Waals surface area contributed by atoms with Crippen LogP contribution in [0.4, 0.5) is 0 Å². The van der Waals surface area contributed by atoms with Crippen molar-refractivity contribution in [1.82, 2.24) is 9.78 Å². The Morgan fingerprint density at radius 2 is 2.00 bits per heavy atom. The second-order valence-electron chi connectivity index (χ2n) is 5.99. The van der Waals surface area contributed by atoms with Gasteiger partial charge in [-0.15, -0.1) is 0 Å². The molecular weight excluding hydrogens is 316 g/mol. The SMILES string of the molecule is CCOC(=O)c1nn(-c2ccccc2)c2c1CCc1cc(O)ccc1-2. The van der Waals surface area contributed by atoms with Crippen molar-refractivity contribution in [3.05, 3.63) is 65.4 Å². The third kappa shape index (κ3) is 2.58. The van der Waals surface area contributed by atoms with Gasteiger partial charge in [-0.1, -0.05) is 18.2 Å². The summed E-state index contributed by atoms with van der Waals surface area (Å²) in [6.07, 6.45) is 1.44. The van der Waals surface area contributed by atoms with Gasteiger partial charge in [-0.25, -0.2) is 9.48 Å². The second-order valence-corrected chi connectivity index (χ2v) is 5.99. The number of ether oxygens (including phenoxy) is 1. The van der Waals surface area contributed by atoms with E-state index in [9.17, 15) is 9.90 Å². The first-order valence-electron chi connectivity index (χ1n) is 8.35. The number of carbonyl (C=O) groups is 1. The zero-order valence-corrected chi connectivity index (χ0v) is 13.9. The van der Waals surface area contributed by atoms with Gasteiger partial charge in [0.2, 0.25) is 0 Å². The van der Waals surface area contributed by atoms with Gasteiger partial charge in [0.25, 0.3) is 0 Å². The van der Waals surface area contributed by atoms with Gasteiger partial charge in [0.15, 0.2) is 5.69 Å². The highest BCUT2D eigenvalue weighted by Crippen LogP contribution is 2.38. The number of carbonyl (C=O) groups excluding carboxylic acids is 1. The lowest BCUT2D eigenvalue weighted by molar-refractivity contribution is 0.0517. The van der Waals surface area contributed by atoms with Gasteiger partial charge in [-0.3, -0.25) is 0 Å². The maximum atomic E-state index is 12.4. The zero-order valence-electron chi connectivity index (χ0n) is 13.9. The number of aromatic hydroxyl groups is 1. The topological polar surface area (TPSA) is 64.3 Å². The van der Waals surface area contributed by atoms with Crippen LogP contribution in [0.2, 0.25) is 0 Å². The number of nitrogens with zero attached hydrogens (tertiary/aromatic N) is 2. The summed E-state index contributed by atoms with van der Waals surface area (Å²) in [4.78, 5) is 12.4. The fourth-order valence-corrected chi connectivity index (χ4v) is 3.36. The number of esters is 1. The van der Waals surface area contributed by atoms with Crippen LogP contribution in [0.25, 0.3) is 16.9 Å². The summed E-state index contributed by atoms with van der Waals surface area (Å²) < 4.78 is 7.00. The average Bonchev–Trinajstić information content (AvgIpc) is 3.02. The van der Waals surface area contributed by atoms with E-state index >= 15 is 0 Å². The summed E-state index contributed by atoms with van der Waals surface area (Å²) in [7, 11) is 0. The molecule has 0 radical (unpaired) electrons. The fourth-order valence-electron chi connectivity index (χ4n) is 3.36. The minimum Gasteiger partial charge on any atom is -0.508 e. The lowest BCUT2D eigenvalue weighted by Crippen LogP contribution is -2.10. The highest BCUT2D eigenvalue weighted by molar-refractivity contribution is 5.92. The molecule has 0 fully saturated rings. The molecule has 1 N–H and O–H groups in total. The van der Waals surface area contributed by atoms with E-state index in [0.29, 0.717) is 18.7 Å². The number of para-hydroxylation sites is 1. The number of phenols is 1. The molecule has 0 bridgehead atoms. The molecule has 4 rings (SSSR count). The van der Waals surface area contributed by atoms with E-state index in [2.05, 4.69) is 5.10 Å². The number of hydrogen-bond donors (Lipinski definition) is 1. The number of aryl methyl sites for hydroxylation is 1. The van der Waals surface area contributed by atoms with Gasteiger partial charge < -0.3 is 9.84 Å². The molecule has 2 aromatic carbocycles. The Kier molecular flexibility index (Phi) is 3.76. The number of fused-ring (bicyclic) bond motifs is 3. The van der Waals surface area contributed by atoms with E-state index in [1.165, 1.54) is 0 Å². The van der Waals surface area contributed by atoms with E-state index < -0.39 is 5.97 Å². The molecule has 1 aliphatic rings. The molecule has 5 heteroatoms. The van der Waals surface area contributed by atoms with Crippen molar-refractivity contribution in [3.63, 3.8) is 0 Å². The van der Waals surface area contributed by atoms with Crippen molar-refractivity contribution in [1.29, 1.82) is 0 Å². The Bertz CT molecular complexity index is 945. The van der Waals surface area contributed by atoms with E-state index in [1.807, 2.05) is 36.4 Å². The molecule has 0 atom stereocenters. The van der Waals surface area contributed by atoms with Gasteiger partial charge in [0.05, 0.1) is 18.0 Å². The standard InChI is InChI=1S/C20H18N2O3/c1-2-25-20(24)18-17-10-8-13-12-15(23)9-11-16(13)19(17)22(21-18)14-6-4-3-5-7-14/h3-7,9,11-12,23H,2,8,10H2,1H3. The summed E-state index contributed by atoms with van der Waals surface area (Å²) in [6.45, 7) is 2.10. The first kappa shape index (κ1) is 15.4. The van der Waals surface area contributed by atoms with Crippen molar-refractivity contribution >= 4 is 5.97 Å². The van der Waals surface area contributed by atoms with Crippen LogP contribution in [0.15, 0.2) is 48.5 Å². The normalized spacial score (nSPS) is 12.4. The van der Waals surface area contributed by atoms with E-state index in [0.717, 1.165) is 34.5 Å². The van der Waals surface area contributed by atoms with Crippen LogP contribution in [0, 0.1) is 0 Å². The number of phenolic OH excluding ortho intramolecular Hbond substituents is 1. The predicted octanol–water partition coefficient (Wildman–Crippen LogP) is 3.52. The molecule has 0 aliphatic heterocycles. The van der Waals surface area contributed by atoms with Crippen molar-refractivity contribution in [3.8, 4) is 22.7 Å². The van der Waals surface area contributed by atoms with Crippen LogP contribution in [-0.4, -0.2) is 27.5 Å². The monoisotopic (exact) mass is 334 g/mol. The summed E-state index contributed by atoms with van der Waals surface area (Å²) in [6, 6.07) is 15.1. The molecule has 3 aromatic rings. The van der Waals surface area contributed by atoms with Gasteiger partial charge in [0, 0.05) is 11.1 Å². The Morgan fingerprint density at radius 3 is 2.76 bits per heavy atom. The van der Waals surface area contributed by atoms with Gasteiger partial charge in [-0.05, 0) is 55.7 Å². The number of aromatic nitrogens is 2. The van der Waals surface area contributed by atoms with E-state index in [1.54, 1.807) is 23.7 Å². The van der Waals surface area contributed by atoms with Crippen molar-refractivity contribution < 1.29 is 14.6 Å². The van der Waals surface area contributed by atoms with Crippen LogP contribution in [0.1, 0.15) is 28.5 Å². The molecule has 0 spiro atoms. The van der Waals surface area contributed by atoms with E-state index in [-0.39, 0.29) is 5.75 Å². The van der Waals surface area contributed by atoms with Crippen molar-refractivity contribution in [2.24, 2.45) is 0 Å². The highest BCUT2D eigenvalue weighted by Gasteiger charge is 2.29. The summed E-state index contributed by atoms with van der Waals surface area (Å²) in [5.74, 6) is -0.144. The summed E-state index contributed by atoms with van der Waals surface area (Å²) >= 11 is 0. The van der Waals surface area contributed by atoms with Crippen LogP contribution in [0.3, 0.4) is 0 Å². The van der Waals surface area contributed by atoms with Crippen molar-refractivity contribution in [2.75, 3.05) is 6.61 Å². The number of rotatable bonds is 3. The molecule has 1 aromatic heterocycles. The summed E-state index contributed by atoms with van der Waals surface area (Å²) in [5.41, 5.74) is 5.11. The molecule has 0 saturated heterocycles. The number of benzene rings is 2. The van der Waals surface area contributed by atoms with Gasteiger partial charge in [0.1, 0.15) is 5.75 Å². The lowest BCUT2D eigenvalue weighted by Gasteiger charge is -2.19. The Hall–Kier alpha value is -3.08. The van der Waals surface area contributed by atoms with Gasteiger partial charge >= 0.3 is 5.97 Å². The molecule has 25 heavy (non-hydrogen) atoms. The molecule has 0 amide bonds. The zero-order chi connectivity index (χ0) is 17.4. The lowest BCUT2D eigenvalue weighted by atomic mass is 9.88. The maximum Gasteiger partial charge on any atom is 0.359 e. The highest BCUT2D eigenvalue weighted by atomic mass is 16.5. The third-order valence-electron chi connectivity index (χ3n) is 4.44. The quantitative estimate of drug-likeness (QED) is 0.744. The summed E-state index contributed by atoms with van der Waals surface area (Å²) in [5, 5.41) is 14.4. The molecule has 1 heterocycles. The van der Waals surface area contributed by atoms with Gasteiger partial charge in [-0.2, -0.15) is 5.10 Å². The maximum absolute atomic E-state index is 12.4. The van der Waals surface area contributed by atoms with E-state index in [4.69, 9.17) is 4.74 Å². The van der Waals surface area contributed by atoms with Crippen LogP contribution < -0.4 is 0 Å². The molecular formula is C20H18N2O3. The predicted molar refractivity (Wildman–Crippen MR) is 94.0 cm³/mol. The Morgan fingerprint density at radius 1 is 1.20 bits per heavy atom.